The quantitative estimate of drug-likeness (QED) is 0.686. The number of benzene rings is 1. The number of amides is 1. The summed E-state index contributed by atoms with van der Waals surface area (Å²) in [4.78, 5) is 10.3. The first-order valence-electron chi connectivity index (χ1n) is 5.06. The highest BCUT2D eigenvalue weighted by molar-refractivity contribution is 5.48. The van der Waals surface area contributed by atoms with Crippen molar-refractivity contribution in [1.82, 2.24) is 5.32 Å². The molecule has 1 aromatic carbocycles. The molecule has 1 amide bonds. The molecule has 0 aliphatic heterocycles. The highest BCUT2D eigenvalue weighted by Crippen LogP contribution is 2.18. The molecule has 1 rings (SSSR count). The molecular weight excluding hydrogens is 174 g/mol. The van der Waals surface area contributed by atoms with E-state index in [4.69, 9.17) is 0 Å². The average Bonchev–Trinajstić information content (AvgIpc) is 2.25. The first-order chi connectivity index (χ1) is 6.88. The topological polar surface area (TPSA) is 29.1 Å². The summed E-state index contributed by atoms with van der Waals surface area (Å²) >= 11 is 0. The molecule has 0 fully saturated rings. The Kier molecular flexibility index (Phi) is 4.76. The van der Waals surface area contributed by atoms with Gasteiger partial charge in [-0.2, -0.15) is 0 Å². The van der Waals surface area contributed by atoms with Crippen LogP contribution in [0.1, 0.15) is 37.8 Å². The fourth-order valence-electron chi connectivity index (χ4n) is 1.49. The number of nitrogens with one attached hydrogen (secondary N) is 1. The van der Waals surface area contributed by atoms with Crippen LogP contribution in [0.2, 0.25) is 0 Å². The predicted octanol–water partition coefficient (Wildman–Crippen LogP) is 2.57. The van der Waals surface area contributed by atoms with Crippen molar-refractivity contribution in [2.45, 2.75) is 32.2 Å². The Labute approximate surface area is 85.3 Å². The van der Waals surface area contributed by atoms with Gasteiger partial charge in [0.25, 0.3) is 0 Å². The third kappa shape index (κ3) is 3.21. The molecular formula is C12H16NO. The molecule has 0 aromatic heterocycles. The Morgan fingerprint density at radius 2 is 2.07 bits per heavy atom. The maximum absolute atomic E-state index is 10.3. The monoisotopic (exact) mass is 190 g/mol. The van der Waals surface area contributed by atoms with Crippen LogP contribution in [0.15, 0.2) is 30.3 Å². The number of hydrogen-bond donors (Lipinski definition) is 1. The first kappa shape index (κ1) is 10.8. The zero-order valence-corrected chi connectivity index (χ0v) is 8.49. The van der Waals surface area contributed by atoms with E-state index in [0.29, 0.717) is 0 Å². The second kappa shape index (κ2) is 6.19. The Balaban J connectivity index is 2.62. The van der Waals surface area contributed by atoms with Crippen molar-refractivity contribution in [2.24, 2.45) is 0 Å². The summed E-state index contributed by atoms with van der Waals surface area (Å²) in [5, 5.41) is 2.73. The van der Waals surface area contributed by atoms with Crippen LogP contribution in [0.3, 0.4) is 0 Å². The minimum absolute atomic E-state index is 0.119. The van der Waals surface area contributed by atoms with E-state index in [1.807, 2.05) is 30.3 Å². The molecule has 1 unspecified atom stereocenters. The Morgan fingerprint density at radius 3 is 2.64 bits per heavy atom. The average molecular weight is 190 g/mol. The fraction of sp³-hybridized carbons (Fsp3) is 0.417. The molecule has 0 spiro atoms. The second-order valence-corrected chi connectivity index (χ2v) is 3.35. The zero-order valence-electron chi connectivity index (χ0n) is 8.49. The molecule has 0 bridgehead atoms. The normalized spacial score (nSPS) is 12.1. The van der Waals surface area contributed by atoms with Gasteiger partial charge >= 0.3 is 6.41 Å². The van der Waals surface area contributed by atoms with Crippen LogP contribution in [0, 0.1) is 0 Å². The summed E-state index contributed by atoms with van der Waals surface area (Å²) in [6.45, 7) is 2.15. The van der Waals surface area contributed by atoms with Gasteiger partial charge in [0.2, 0.25) is 0 Å². The van der Waals surface area contributed by atoms with Crippen LogP contribution in [0.25, 0.3) is 0 Å². The molecule has 1 N–H and O–H groups in total. The van der Waals surface area contributed by atoms with Crippen molar-refractivity contribution < 1.29 is 4.79 Å². The number of carbonyl (C=O) groups excluding carboxylic acids is 1. The van der Waals surface area contributed by atoms with E-state index in [1.165, 1.54) is 0 Å². The standard InChI is InChI=1S/C12H16NO/c1-2-3-9-12(13-10-14)11-7-5-4-6-8-11/h4-8,12H,2-3,9H2,1H3,(H,13,14). The summed E-state index contributed by atoms with van der Waals surface area (Å²) in [7, 11) is 0. The van der Waals surface area contributed by atoms with Crippen LogP contribution in [-0.4, -0.2) is 6.41 Å². The molecule has 2 heteroatoms. The summed E-state index contributed by atoms with van der Waals surface area (Å²) in [5.41, 5.74) is 1.16. The highest BCUT2D eigenvalue weighted by Gasteiger charge is 2.08. The molecule has 14 heavy (non-hydrogen) atoms. The van der Waals surface area contributed by atoms with Gasteiger partial charge in [-0.25, -0.2) is 0 Å². The molecule has 2 nitrogen and oxygen atoms in total. The molecule has 1 aromatic rings. The lowest BCUT2D eigenvalue weighted by Gasteiger charge is -2.15. The maximum Gasteiger partial charge on any atom is 0.309 e. The first-order valence-corrected chi connectivity index (χ1v) is 5.06. The maximum atomic E-state index is 10.3. The van der Waals surface area contributed by atoms with Gasteiger partial charge in [0, 0.05) is 0 Å². The molecule has 1 atom stereocenters. The van der Waals surface area contributed by atoms with Crippen molar-refractivity contribution in [3.63, 3.8) is 0 Å². The van der Waals surface area contributed by atoms with Crippen LogP contribution < -0.4 is 5.32 Å². The Bertz CT molecular complexity index is 258. The molecule has 0 saturated carbocycles. The third-order valence-corrected chi connectivity index (χ3v) is 2.28. The van der Waals surface area contributed by atoms with Crippen LogP contribution in [-0.2, 0) is 4.79 Å². The third-order valence-electron chi connectivity index (χ3n) is 2.28. The summed E-state index contributed by atoms with van der Waals surface area (Å²) in [6.07, 6.45) is 5.02. The number of hydrogen-bond acceptors (Lipinski definition) is 1. The van der Waals surface area contributed by atoms with E-state index < -0.39 is 0 Å². The molecule has 75 valence electrons. The van der Waals surface area contributed by atoms with E-state index in [9.17, 15) is 4.79 Å². The number of rotatable bonds is 6. The van der Waals surface area contributed by atoms with Crippen molar-refractivity contribution in [1.29, 1.82) is 0 Å². The molecule has 1 radical (unpaired) electrons. The van der Waals surface area contributed by atoms with Gasteiger partial charge in [0.05, 0.1) is 6.04 Å². The zero-order chi connectivity index (χ0) is 10.2. The van der Waals surface area contributed by atoms with E-state index in [2.05, 4.69) is 12.2 Å². The SMILES string of the molecule is CCCCC(N[C]=O)c1ccccc1. The van der Waals surface area contributed by atoms with E-state index >= 15 is 0 Å². The van der Waals surface area contributed by atoms with Crippen LogP contribution in [0.4, 0.5) is 0 Å². The van der Waals surface area contributed by atoms with E-state index in [1.54, 1.807) is 6.41 Å². The van der Waals surface area contributed by atoms with Crippen molar-refractivity contribution in [3.8, 4) is 0 Å². The minimum atomic E-state index is 0.119. The lowest BCUT2D eigenvalue weighted by Crippen LogP contribution is -2.19. The van der Waals surface area contributed by atoms with Crippen molar-refractivity contribution in [3.05, 3.63) is 35.9 Å². The van der Waals surface area contributed by atoms with E-state index in [0.717, 1.165) is 24.8 Å². The van der Waals surface area contributed by atoms with Gasteiger partial charge in [-0.05, 0) is 12.0 Å². The summed E-state index contributed by atoms with van der Waals surface area (Å²) in [6, 6.07) is 10.1. The molecule has 0 saturated heterocycles. The van der Waals surface area contributed by atoms with Crippen molar-refractivity contribution >= 4 is 6.41 Å². The second-order valence-electron chi connectivity index (χ2n) is 3.35. The van der Waals surface area contributed by atoms with Gasteiger partial charge in [-0.15, -0.1) is 0 Å². The molecule has 0 aliphatic rings. The Morgan fingerprint density at radius 1 is 1.36 bits per heavy atom. The van der Waals surface area contributed by atoms with Crippen LogP contribution in [0.5, 0.6) is 0 Å². The molecule has 0 heterocycles. The summed E-state index contributed by atoms with van der Waals surface area (Å²) < 4.78 is 0. The van der Waals surface area contributed by atoms with Gasteiger partial charge in [-0.3, -0.25) is 4.79 Å². The largest absolute Gasteiger partial charge is 0.341 e. The Hall–Kier alpha value is -1.31. The predicted molar refractivity (Wildman–Crippen MR) is 57.5 cm³/mol. The van der Waals surface area contributed by atoms with Gasteiger partial charge < -0.3 is 5.32 Å². The number of unbranched alkanes of at least 4 members (excludes halogenated alkanes) is 1. The molecule has 0 aliphatic carbocycles. The van der Waals surface area contributed by atoms with Crippen LogP contribution >= 0.6 is 0 Å². The van der Waals surface area contributed by atoms with Gasteiger partial charge in [-0.1, -0.05) is 50.1 Å². The lowest BCUT2D eigenvalue weighted by atomic mass is 10.0. The van der Waals surface area contributed by atoms with Gasteiger partial charge in [0.15, 0.2) is 0 Å². The fourth-order valence-corrected chi connectivity index (χ4v) is 1.49. The lowest BCUT2D eigenvalue weighted by molar-refractivity contribution is 0.500. The minimum Gasteiger partial charge on any atom is -0.341 e. The summed E-state index contributed by atoms with van der Waals surface area (Å²) in [5.74, 6) is 0. The van der Waals surface area contributed by atoms with Crippen molar-refractivity contribution in [2.75, 3.05) is 0 Å². The van der Waals surface area contributed by atoms with Gasteiger partial charge in [0.1, 0.15) is 0 Å². The smallest absolute Gasteiger partial charge is 0.309 e. The highest BCUT2D eigenvalue weighted by atomic mass is 16.1. The van der Waals surface area contributed by atoms with E-state index in [-0.39, 0.29) is 6.04 Å².